The number of fused-ring (bicyclic) bond motifs is 1. The summed E-state index contributed by atoms with van der Waals surface area (Å²) in [5, 5.41) is 2.80. The van der Waals surface area contributed by atoms with Crippen LogP contribution in [-0.2, 0) is 17.5 Å². The summed E-state index contributed by atoms with van der Waals surface area (Å²) in [5.74, 6) is 1.02. The van der Waals surface area contributed by atoms with Crippen LogP contribution >= 0.6 is 0 Å². The summed E-state index contributed by atoms with van der Waals surface area (Å²) in [6, 6.07) is 5.63. The highest BCUT2D eigenvalue weighted by Crippen LogP contribution is 2.45. The highest BCUT2D eigenvalue weighted by Gasteiger charge is 2.55. The van der Waals surface area contributed by atoms with Gasteiger partial charge in [-0.3, -0.25) is 9.69 Å². The summed E-state index contributed by atoms with van der Waals surface area (Å²) in [4.78, 5) is 12.6. The topological polar surface area (TPSA) is 32.3 Å². The minimum atomic E-state index is -4.28. The SMILES string of the molecule is O=CNC1[C@H]2CN(Cc3ccc(C(F)(F)F)cc3)C[C@@H]12. The largest absolute Gasteiger partial charge is 0.416 e. The molecule has 1 saturated heterocycles. The lowest BCUT2D eigenvalue weighted by Gasteiger charge is -2.19. The van der Waals surface area contributed by atoms with Crippen LogP contribution in [0.2, 0.25) is 0 Å². The summed E-state index contributed by atoms with van der Waals surface area (Å²) < 4.78 is 37.4. The van der Waals surface area contributed by atoms with Gasteiger partial charge < -0.3 is 5.32 Å². The lowest BCUT2D eigenvalue weighted by Crippen LogP contribution is -2.30. The molecule has 1 amide bonds. The van der Waals surface area contributed by atoms with E-state index in [4.69, 9.17) is 0 Å². The summed E-state index contributed by atoms with van der Waals surface area (Å²) in [6.45, 7) is 2.47. The van der Waals surface area contributed by atoms with E-state index in [1.807, 2.05) is 0 Å². The summed E-state index contributed by atoms with van der Waals surface area (Å²) in [5.41, 5.74) is 0.278. The molecular weight excluding hydrogens is 269 g/mol. The molecular formula is C14H15F3N2O. The predicted octanol–water partition coefficient (Wildman–Crippen LogP) is 1.88. The van der Waals surface area contributed by atoms with Crippen molar-refractivity contribution in [1.29, 1.82) is 0 Å². The second kappa shape index (κ2) is 4.77. The maximum absolute atomic E-state index is 12.5. The average Bonchev–Trinajstić information content (AvgIpc) is 2.84. The lowest BCUT2D eigenvalue weighted by atomic mass is 10.1. The van der Waals surface area contributed by atoms with Gasteiger partial charge in [0, 0.05) is 25.7 Å². The molecule has 20 heavy (non-hydrogen) atoms. The molecule has 6 heteroatoms. The number of hydrogen-bond acceptors (Lipinski definition) is 2. The van der Waals surface area contributed by atoms with Gasteiger partial charge in [0.05, 0.1) is 5.56 Å². The lowest BCUT2D eigenvalue weighted by molar-refractivity contribution is -0.137. The molecule has 1 heterocycles. The van der Waals surface area contributed by atoms with Gasteiger partial charge in [-0.2, -0.15) is 13.2 Å². The van der Waals surface area contributed by atoms with Crippen molar-refractivity contribution >= 4 is 6.41 Å². The maximum atomic E-state index is 12.5. The first kappa shape index (κ1) is 13.4. The third-order valence-corrected chi connectivity index (χ3v) is 4.22. The minimum absolute atomic E-state index is 0.302. The predicted molar refractivity (Wildman–Crippen MR) is 66.7 cm³/mol. The quantitative estimate of drug-likeness (QED) is 0.856. The Kier molecular flexibility index (Phi) is 3.20. The second-order valence-corrected chi connectivity index (χ2v) is 5.53. The number of rotatable bonds is 4. The van der Waals surface area contributed by atoms with Gasteiger partial charge in [0.1, 0.15) is 0 Å². The van der Waals surface area contributed by atoms with Crippen molar-refractivity contribution in [3.8, 4) is 0 Å². The van der Waals surface area contributed by atoms with Crippen molar-refractivity contribution in [2.24, 2.45) is 11.8 Å². The van der Waals surface area contributed by atoms with Crippen molar-refractivity contribution in [3.63, 3.8) is 0 Å². The second-order valence-electron chi connectivity index (χ2n) is 5.53. The average molecular weight is 284 g/mol. The molecule has 2 fully saturated rings. The molecule has 0 radical (unpaired) electrons. The summed E-state index contributed by atoms with van der Waals surface area (Å²) >= 11 is 0. The summed E-state index contributed by atoms with van der Waals surface area (Å²) in [7, 11) is 0. The zero-order valence-corrected chi connectivity index (χ0v) is 10.7. The van der Waals surface area contributed by atoms with E-state index in [2.05, 4.69) is 10.2 Å². The molecule has 3 atom stereocenters. The van der Waals surface area contributed by atoms with Gasteiger partial charge in [0.2, 0.25) is 6.41 Å². The number of hydrogen-bond donors (Lipinski definition) is 1. The molecule has 3 nitrogen and oxygen atoms in total. The fourth-order valence-electron chi connectivity index (χ4n) is 3.13. The Morgan fingerprint density at radius 2 is 1.80 bits per heavy atom. The molecule has 1 N–H and O–H groups in total. The van der Waals surface area contributed by atoms with Gasteiger partial charge in [-0.05, 0) is 29.5 Å². The number of amides is 1. The molecule has 0 spiro atoms. The molecule has 2 aliphatic rings. The molecule has 1 aromatic rings. The number of nitrogens with zero attached hydrogens (tertiary/aromatic N) is 1. The number of likely N-dealkylation sites (tertiary alicyclic amines) is 1. The van der Waals surface area contributed by atoms with Gasteiger partial charge in [-0.25, -0.2) is 0 Å². The highest BCUT2D eigenvalue weighted by molar-refractivity contribution is 5.48. The molecule has 1 aliphatic carbocycles. The number of halogens is 3. The smallest absolute Gasteiger partial charge is 0.355 e. The molecule has 3 rings (SSSR count). The number of carbonyl (C=O) groups is 1. The van der Waals surface area contributed by atoms with Crippen LogP contribution in [0.1, 0.15) is 11.1 Å². The van der Waals surface area contributed by atoms with Crippen LogP contribution in [0.5, 0.6) is 0 Å². The highest BCUT2D eigenvalue weighted by atomic mass is 19.4. The summed E-state index contributed by atoms with van der Waals surface area (Å²) in [6.07, 6.45) is -3.54. The number of piperidine rings is 1. The third-order valence-electron chi connectivity index (χ3n) is 4.22. The van der Waals surface area contributed by atoms with Gasteiger partial charge >= 0.3 is 6.18 Å². The van der Waals surface area contributed by atoms with E-state index in [9.17, 15) is 18.0 Å². The number of carbonyl (C=O) groups excluding carboxylic acids is 1. The van der Waals surface area contributed by atoms with Crippen molar-refractivity contribution in [2.45, 2.75) is 18.8 Å². The number of nitrogens with one attached hydrogen (secondary N) is 1. The van der Waals surface area contributed by atoms with E-state index in [0.717, 1.165) is 37.2 Å². The normalized spacial score (nSPS) is 29.1. The van der Waals surface area contributed by atoms with Gasteiger partial charge in [-0.1, -0.05) is 12.1 Å². The van der Waals surface area contributed by atoms with Gasteiger partial charge in [0.25, 0.3) is 0 Å². The van der Waals surface area contributed by atoms with Crippen LogP contribution in [0.4, 0.5) is 13.2 Å². The Morgan fingerprint density at radius 3 is 2.30 bits per heavy atom. The van der Waals surface area contributed by atoms with Crippen LogP contribution < -0.4 is 5.32 Å². The van der Waals surface area contributed by atoms with E-state index < -0.39 is 11.7 Å². The zero-order valence-electron chi connectivity index (χ0n) is 10.7. The van der Waals surface area contributed by atoms with E-state index >= 15 is 0 Å². The maximum Gasteiger partial charge on any atom is 0.416 e. The fraction of sp³-hybridized carbons (Fsp3) is 0.500. The fourth-order valence-corrected chi connectivity index (χ4v) is 3.13. The number of alkyl halides is 3. The monoisotopic (exact) mass is 284 g/mol. The van der Waals surface area contributed by atoms with Crippen molar-refractivity contribution in [2.75, 3.05) is 13.1 Å². The van der Waals surface area contributed by atoms with Crippen molar-refractivity contribution in [1.82, 2.24) is 10.2 Å². The Morgan fingerprint density at radius 1 is 1.20 bits per heavy atom. The van der Waals surface area contributed by atoms with Gasteiger partial charge in [-0.15, -0.1) is 0 Å². The molecule has 0 aromatic heterocycles. The Labute approximate surface area is 114 Å². The molecule has 108 valence electrons. The Hall–Kier alpha value is -1.56. The zero-order chi connectivity index (χ0) is 14.3. The van der Waals surface area contributed by atoms with Crippen molar-refractivity contribution < 1.29 is 18.0 Å². The van der Waals surface area contributed by atoms with E-state index in [-0.39, 0.29) is 0 Å². The first-order valence-electron chi connectivity index (χ1n) is 6.57. The first-order chi connectivity index (χ1) is 9.49. The Balaban J connectivity index is 1.54. The third kappa shape index (κ3) is 2.52. The van der Waals surface area contributed by atoms with E-state index in [1.54, 1.807) is 0 Å². The van der Waals surface area contributed by atoms with Crippen LogP contribution in [0.3, 0.4) is 0 Å². The first-order valence-corrected chi connectivity index (χ1v) is 6.57. The molecule has 0 bridgehead atoms. The molecule has 1 saturated carbocycles. The van der Waals surface area contributed by atoms with Crippen LogP contribution in [-0.4, -0.2) is 30.4 Å². The van der Waals surface area contributed by atoms with Crippen LogP contribution in [0.25, 0.3) is 0 Å². The molecule has 1 aliphatic heterocycles. The van der Waals surface area contributed by atoms with E-state index in [0.29, 0.717) is 24.4 Å². The molecule has 1 unspecified atom stereocenters. The van der Waals surface area contributed by atoms with Gasteiger partial charge in [0.15, 0.2) is 0 Å². The van der Waals surface area contributed by atoms with Crippen molar-refractivity contribution in [3.05, 3.63) is 35.4 Å². The van der Waals surface area contributed by atoms with Crippen LogP contribution in [0.15, 0.2) is 24.3 Å². The number of benzene rings is 1. The van der Waals surface area contributed by atoms with E-state index in [1.165, 1.54) is 12.1 Å². The minimum Gasteiger partial charge on any atom is -0.355 e. The Bertz CT molecular complexity index is 488. The van der Waals surface area contributed by atoms with Crippen LogP contribution in [0, 0.1) is 11.8 Å². The standard InChI is InChI=1S/C14H15F3N2O/c15-14(16,17)10-3-1-9(2-4-10)5-19-6-11-12(7-19)13(11)18-8-20/h1-4,8,11-13H,5-7H2,(H,18,20)/t11-,12+,13?. The molecule has 1 aromatic carbocycles.